The zero-order valence-corrected chi connectivity index (χ0v) is 21.2. The Bertz CT molecular complexity index is 821. The highest BCUT2D eigenvalue weighted by molar-refractivity contribution is 5.88. The first-order chi connectivity index (χ1) is 17.0. The predicted octanol–water partition coefficient (Wildman–Crippen LogP) is 3.81. The standard InChI is InChI=1S/C20H32FNO.C6H8O7/c1-3-22(4-2)14-15-23-20-13-12-19(21)16-18(20)11-10-17-8-6-5-7-9-17;7-3(8)1-6(13,5(11)12)2-4(9)10/h12-13,16-17H,3-11,14-15H2,1-2H3;13H,1-2H2,(H,7,8)(H,9,10)(H,11,12). The average Bonchev–Trinajstić information content (AvgIpc) is 2.81. The molecule has 0 saturated heterocycles. The van der Waals surface area contributed by atoms with Crippen LogP contribution in [0.2, 0.25) is 0 Å². The van der Waals surface area contributed by atoms with E-state index in [1.54, 1.807) is 12.1 Å². The quantitative estimate of drug-likeness (QED) is 0.292. The monoisotopic (exact) mass is 513 g/mol. The molecule has 9 nitrogen and oxygen atoms in total. The van der Waals surface area contributed by atoms with Gasteiger partial charge in [-0.25, -0.2) is 9.18 Å². The number of aryl methyl sites for hydroxylation is 1. The molecule has 0 heterocycles. The summed E-state index contributed by atoms with van der Waals surface area (Å²) in [5, 5.41) is 33.8. The molecule has 1 fully saturated rings. The number of benzene rings is 1. The number of aliphatic hydroxyl groups is 1. The lowest BCUT2D eigenvalue weighted by atomic mass is 9.85. The Kier molecular flexibility index (Phi) is 14.0. The third-order valence-corrected chi connectivity index (χ3v) is 6.41. The molecular weight excluding hydrogens is 473 g/mol. The van der Waals surface area contributed by atoms with E-state index in [1.807, 2.05) is 0 Å². The van der Waals surface area contributed by atoms with Crippen molar-refractivity contribution in [3.8, 4) is 5.75 Å². The van der Waals surface area contributed by atoms with Crippen LogP contribution in [0.5, 0.6) is 5.75 Å². The van der Waals surface area contributed by atoms with E-state index in [0.717, 1.165) is 49.7 Å². The van der Waals surface area contributed by atoms with E-state index in [1.165, 1.54) is 38.2 Å². The average molecular weight is 514 g/mol. The van der Waals surface area contributed by atoms with Crippen molar-refractivity contribution in [2.75, 3.05) is 26.2 Å². The van der Waals surface area contributed by atoms with Gasteiger partial charge in [-0.2, -0.15) is 0 Å². The Hall–Kier alpha value is -2.72. The summed E-state index contributed by atoms with van der Waals surface area (Å²) in [4.78, 5) is 32.8. The first-order valence-electron chi connectivity index (χ1n) is 12.5. The fourth-order valence-electron chi connectivity index (χ4n) is 4.26. The Morgan fingerprint density at radius 1 is 1.03 bits per heavy atom. The van der Waals surface area contributed by atoms with Gasteiger partial charge in [-0.3, -0.25) is 9.59 Å². The molecule has 0 bridgehead atoms. The summed E-state index contributed by atoms with van der Waals surface area (Å²) in [6, 6.07) is 4.97. The first-order valence-corrected chi connectivity index (χ1v) is 12.5. The second kappa shape index (κ2) is 16.1. The van der Waals surface area contributed by atoms with Crippen LogP contribution in [-0.4, -0.2) is 75.1 Å². The van der Waals surface area contributed by atoms with Crippen LogP contribution in [0.1, 0.15) is 70.8 Å². The SMILES string of the molecule is CCN(CC)CCOc1ccc(F)cc1CCC1CCCCC1.O=C(O)CC(O)(CC(=O)O)C(=O)O. The van der Waals surface area contributed by atoms with Crippen LogP contribution in [0.4, 0.5) is 4.39 Å². The predicted molar refractivity (Wildman–Crippen MR) is 132 cm³/mol. The minimum absolute atomic E-state index is 0.153. The van der Waals surface area contributed by atoms with Gasteiger partial charge in [0.2, 0.25) is 0 Å². The zero-order chi connectivity index (χ0) is 27.1. The highest BCUT2D eigenvalue weighted by Gasteiger charge is 2.40. The van der Waals surface area contributed by atoms with Crippen LogP contribution in [-0.2, 0) is 20.8 Å². The molecule has 1 aromatic rings. The van der Waals surface area contributed by atoms with Gasteiger partial charge < -0.3 is 30.1 Å². The van der Waals surface area contributed by atoms with E-state index >= 15 is 0 Å². The Morgan fingerprint density at radius 3 is 2.11 bits per heavy atom. The molecule has 0 aliphatic heterocycles. The van der Waals surface area contributed by atoms with E-state index in [9.17, 15) is 18.8 Å². The van der Waals surface area contributed by atoms with Crippen LogP contribution in [0.25, 0.3) is 0 Å². The van der Waals surface area contributed by atoms with Crippen molar-refractivity contribution >= 4 is 17.9 Å². The van der Waals surface area contributed by atoms with Crippen molar-refractivity contribution in [1.82, 2.24) is 4.90 Å². The third-order valence-electron chi connectivity index (χ3n) is 6.41. The minimum Gasteiger partial charge on any atom is -0.492 e. The number of rotatable bonds is 14. The summed E-state index contributed by atoms with van der Waals surface area (Å²) >= 11 is 0. The molecule has 10 heteroatoms. The number of likely N-dealkylation sites (N-methyl/N-ethyl adjacent to an activating group) is 1. The van der Waals surface area contributed by atoms with Gasteiger partial charge in [0, 0.05) is 6.54 Å². The lowest BCUT2D eigenvalue weighted by molar-refractivity contribution is -0.170. The molecule has 1 saturated carbocycles. The largest absolute Gasteiger partial charge is 0.492 e. The van der Waals surface area contributed by atoms with Crippen molar-refractivity contribution in [2.24, 2.45) is 5.92 Å². The topological polar surface area (TPSA) is 145 Å². The summed E-state index contributed by atoms with van der Waals surface area (Å²) < 4.78 is 19.6. The number of carboxylic acid groups (broad SMARTS) is 3. The molecular formula is C26H40FNO8. The maximum absolute atomic E-state index is 13.6. The summed E-state index contributed by atoms with van der Waals surface area (Å²) in [7, 11) is 0. The first kappa shape index (κ1) is 31.3. The van der Waals surface area contributed by atoms with E-state index < -0.39 is 36.4 Å². The molecule has 36 heavy (non-hydrogen) atoms. The number of carbonyl (C=O) groups is 3. The fourth-order valence-corrected chi connectivity index (χ4v) is 4.26. The molecule has 4 N–H and O–H groups in total. The van der Waals surface area contributed by atoms with Crippen LogP contribution < -0.4 is 4.74 Å². The third kappa shape index (κ3) is 11.8. The summed E-state index contributed by atoms with van der Waals surface area (Å²) in [6.07, 6.45) is 6.60. The van der Waals surface area contributed by atoms with Gasteiger partial charge in [0.1, 0.15) is 18.2 Å². The van der Waals surface area contributed by atoms with Gasteiger partial charge in [-0.05, 0) is 55.6 Å². The second-order valence-corrected chi connectivity index (χ2v) is 9.15. The number of halogens is 1. The van der Waals surface area contributed by atoms with Gasteiger partial charge in [0.05, 0.1) is 12.8 Å². The van der Waals surface area contributed by atoms with Gasteiger partial charge in [-0.15, -0.1) is 0 Å². The van der Waals surface area contributed by atoms with E-state index in [2.05, 4.69) is 18.7 Å². The Labute approximate surface area is 211 Å². The van der Waals surface area contributed by atoms with Crippen molar-refractivity contribution in [2.45, 2.75) is 77.2 Å². The second-order valence-electron chi connectivity index (χ2n) is 9.15. The molecule has 1 aromatic carbocycles. The van der Waals surface area contributed by atoms with E-state index in [-0.39, 0.29) is 5.82 Å². The number of aliphatic carboxylic acids is 3. The minimum atomic E-state index is -2.74. The van der Waals surface area contributed by atoms with Crippen molar-refractivity contribution in [3.63, 3.8) is 0 Å². The highest BCUT2D eigenvalue weighted by Crippen LogP contribution is 2.29. The van der Waals surface area contributed by atoms with Crippen molar-refractivity contribution in [3.05, 3.63) is 29.6 Å². The molecule has 0 spiro atoms. The van der Waals surface area contributed by atoms with Gasteiger partial charge in [-0.1, -0.05) is 46.0 Å². The van der Waals surface area contributed by atoms with Gasteiger partial charge >= 0.3 is 17.9 Å². The maximum Gasteiger partial charge on any atom is 0.336 e. The molecule has 0 amide bonds. The molecule has 1 aliphatic carbocycles. The smallest absolute Gasteiger partial charge is 0.336 e. The number of hydrogen-bond donors (Lipinski definition) is 4. The van der Waals surface area contributed by atoms with Crippen molar-refractivity contribution in [1.29, 1.82) is 0 Å². The number of ether oxygens (including phenoxy) is 1. The molecule has 204 valence electrons. The fraction of sp³-hybridized carbons (Fsp3) is 0.654. The lowest BCUT2D eigenvalue weighted by Crippen LogP contribution is -2.42. The van der Waals surface area contributed by atoms with Crippen LogP contribution >= 0.6 is 0 Å². The summed E-state index contributed by atoms with van der Waals surface area (Å²) in [6.45, 7) is 8.00. The van der Waals surface area contributed by atoms with Crippen molar-refractivity contribution < 1.29 is 43.9 Å². The normalized spacial score (nSPS) is 14.1. The van der Waals surface area contributed by atoms with Crippen LogP contribution in [0, 0.1) is 11.7 Å². The molecule has 0 atom stereocenters. The highest BCUT2D eigenvalue weighted by atomic mass is 19.1. The van der Waals surface area contributed by atoms with Crippen LogP contribution in [0.15, 0.2) is 18.2 Å². The Balaban J connectivity index is 0.000000426. The maximum atomic E-state index is 13.6. The number of nitrogens with zero attached hydrogens (tertiary/aromatic N) is 1. The van der Waals surface area contributed by atoms with E-state index in [0.29, 0.717) is 6.61 Å². The zero-order valence-electron chi connectivity index (χ0n) is 21.2. The van der Waals surface area contributed by atoms with Gasteiger partial charge in [0.15, 0.2) is 5.60 Å². The van der Waals surface area contributed by atoms with Crippen LogP contribution in [0.3, 0.4) is 0 Å². The van der Waals surface area contributed by atoms with Gasteiger partial charge in [0.25, 0.3) is 0 Å². The molecule has 0 aromatic heterocycles. The number of hydrogen-bond acceptors (Lipinski definition) is 6. The van der Waals surface area contributed by atoms with E-state index in [4.69, 9.17) is 25.2 Å². The molecule has 0 unspecified atom stereocenters. The summed E-state index contributed by atoms with van der Waals surface area (Å²) in [5.74, 6) is -3.49. The molecule has 1 aliphatic rings. The summed E-state index contributed by atoms with van der Waals surface area (Å²) in [5.41, 5.74) is -1.70. The Morgan fingerprint density at radius 2 is 1.61 bits per heavy atom. The molecule has 0 radical (unpaired) electrons. The lowest BCUT2D eigenvalue weighted by Gasteiger charge is -2.22. The number of carboxylic acids is 3. The molecule has 2 rings (SSSR count).